The molecule has 0 bridgehead atoms. The van der Waals surface area contributed by atoms with Gasteiger partial charge in [0, 0.05) is 12.0 Å². The summed E-state index contributed by atoms with van der Waals surface area (Å²) in [5.41, 5.74) is 3.59. The minimum absolute atomic E-state index is 0.131. The molecule has 2 fully saturated rings. The molecule has 2 N–H and O–H groups in total. The molecule has 4 rings (SSSR count). The normalized spacial score (nSPS) is 27.8. The van der Waals surface area contributed by atoms with Gasteiger partial charge in [-0.25, -0.2) is 4.79 Å². The second-order valence-corrected chi connectivity index (χ2v) is 7.90. The maximum Gasteiger partial charge on any atom is 0.319 e. The Kier molecular flexibility index (Phi) is 5.18. The fraction of sp³-hybridized carbons (Fsp3) is 0.545. The molecule has 1 aromatic rings. The van der Waals surface area contributed by atoms with E-state index in [4.69, 9.17) is 0 Å². The molecule has 5 heteroatoms. The summed E-state index contributed by atoms with van der Waals surface area (Å²) in [6.45, 7) is -0.131. The highest BCUT2D eigenvalue weighted by Gasteiger charge is 2.52. The molecule has 1 saturated heterocycles. The van der Waals surface area contributed by atoms with Gasteiger partial charge in [0.25, 0.3) is 0 Å². The molecule has 2 amide bonds. The van der Waals surface area contributed by atoms with Crippen LogP contribution >= 0.6 is 0 Å². The third-order valence-electron chi connectivity index (χ3n) is 6.36. The number of aliphatic hydroxyl groups excluding tert-OH is 1. The molecule has 3 aliphatic rings. The summed E-state index contributed by atoms with van der Waals surface area (Å²) in [7, 11) is 0. The Bertz CT molecular complexity index is 776. The van der Waals surface area contributed by atoms with Crippen molar-refractivity contribution < 1.29 is 9.90 Å². The van der Waals surface area contributed by atoms with E-state index in [2.05, 4.69) is 29.6 Å². The molecule has 1 aromatic carbocycles. The van der Waals surface area contributed by atoms with Crippen LogP contribution in [-0.4, -0.2) is 40.8 Å². The highest BCUT2D eigenvalue weighted by molar-refractivity contribution is 5.78. The number of benzene rings is 1. The number of aliphatic hydroxyl groups is 1. The minimum atomic E-state index is -0.535. The van der Waals surface area contributed by atoms with Crippen LogP contribution in [0.15, 0.2) is 30.3 Å². The van der Waals surface area contributed by atoms with Gasteiger partial charge in [-0.05, 0) is 48.8 Å². The van der Waals surface area contributed by atoms with Crippen molar-refractivity contribution in [1.29, 1.82) is 5.26 Å². The first-order chi connectivity index (χ1) is 13.2. The number of nitrogens with zero attached hydrogens (tertiary/aromatic N) is 2. The van der Waals surface area contributed by atoms with Gasteiger partial charge < -0.3 is 15.3 Å². The van der Waals surface area contributed by atoms with Crippen LogP contribution in [0.1, 0.15) is 62.0 Å². The molecule has 0 radical (unpaired) electrons. The van der Waals surface area contributed by atoms with Crippen LogP contribution in [0, 0.1) is 11.3 Å². The SMILES string of the molecule is N#C[C@H]1[C@@H](c2ccccc2C2=CCCC2)[C@@H](CO)N1C(=O)NC1CCCC1. The van der Waals surface area contributed by atoms with Crippen LogP contribution in [0.5, 0.6) is 0 Å². The molecule has 5 nitrogen and oxygen atoms in total. The number of likely N-dealkylation sites (tertiary alicyclic amines) is 1. The van der Waals surface area contributed by atoms with E-state index in [1.807, 2.05) is 12.1 Å². The van der Waals surface area contributed by atoms with Gasteiger partial charge in [0.05, 0.1) is 18.7 Å². The first-order valence-electron chi connectivity index (χ1n) is 10.1. The average molecular weight is 365 g/mol. The van der Waals surface area contributed by atoms with Crippen molar-refractivity contribution in [1.82, 2.24) is 10.2 Å². The first-order valence-corrected chi connectivity index (χ1v) is 10.1. The number of carbonyl (C=O) groups is 1. The van der Waals surface area contributed by atoms with E-state index in [-0.39, 0.29) is 30.6 Å². The number of amides is 2. The van der Waals surface area contributed by atoms with Crippen molar-refractivity contribution >= 4 is 11.6 Å². The molecule has 142 valence electrons. The van der Waals surface area contributed by atoms with Gasteiger partial charge >= 0.3 is 6.03 Å². The molecule has 2 aliphatic carbocycles. The maximum absolute atomic E-state index is 12.8. The lowest BCUT2D eigenvalue weighted by Gasteiger charge is -2.52. The van der Waals surface area contributed by atoms with E-state index in [0.29, 0.717) is 0 Å². The number of nitriles is 1. The molecule has 1 heterocycles. The lowest BCUT2D eigenvalue weighted by Crippen LogP contribution is -2.67. The third kappa shape index (κ3) is 3.23. The van der Waals surface area contributed by atoms with Crippen LogP contribution in [0.4, 0.5) is 4.79 Å². The van der Waals surface area contributed by atoms with Gasteiger partial charge in [-0.1, -0.05) is 43.2 Å². The Morgan fingerprint density at radius 2 is 2.04 bits per heavy atom. The smallest absolute Gasteiger partial charge is 0.319 e. The van der Waals surface area contributed by atoms with Crippen molar-refractivity contribution in [2.24, 2.45) is 0 Å². The molecular formula is C22H27N3O2. The number of rotatable bonds is 4. The Hall–Kier alpha value is -2.32. The Balaban J connectivity index is 1.59. The van der Waals surface area contributed by atoms with Crippen LogP contribution in [0.2, 0.25) is 0 Å². The van der Waals surface area contributed by atoms with Gasteiger partial charge in [0.1, 0.15) is 6.04 Å². The summed E-state index contributed by atoms with van der Waals surface area (Å²) in [6.07, 6.45) is 9.86. The number of urea groups is 1. The number of carbonyl (C=O) groups excluding carboxylic acids is 1. The second-order valence-electron chi connectivity index (χ2n) is 7.90. The van der Waals surface area contributed by atoms with E-state index >= 15 is 0 Å². The molecule has 0 spiro atoms. The maximum atomic E-state index is 12.8. The largest absolute Gasteiger partial charge is 0.394 e. The number of hydrogen-bond donors (Lipinski definition) is 2. The number of hydrogen-bond acceptors (Lipinski definition) is 3. The van der Waals surface area contributed by atoms with Gasteiger partial charge in [-0.15, -0.1) is 0 Å². The zero-order valence-electron chi connectivity index (χ0n) is 15.6. The predicted octanol–water partition coefficient (Wildman–Crippen LogP) is 3.56. The minimum Gasteiger partial charge on any atom is -0.394 e. The summed E-state index contributed by atoms with van der Waals surface area (Å²) in [5.74, 6) is -0.146. The van der Waals surface area contributed by atoms with Crippen LogP contribution < -0.4 is 5.32 Å². The van der Waals surface area contributed by atoms with Crippen LogP contribution in [0.3, 0.4) is 0 Å². The Morgan fingerprint density at radius 3 is 2.70 bits per heavy atom. The van der Waals surface area contributed by atoms with E-state index in [9.17, 15) is 15.2 Å². The van der Waals surface area contributed by atoms with E-state index in [1.165, 1.54) is 11.1 Å². The molecule has 3 atom stereocenters. The molecule has 1 aliphatic heterocycles. The Labute approximate surface area is 160 Å². The fourth-order valence-electron chi connectivity index (χ4n) is 4.97. The lowest BCUT2D eigenvalue weighted by atomic mass is 9.73. The van der Waals surface area contributed by atoms with Crippen molar-refractivity contribution in [3.8, 4) is 6.07 Å². The zero-order chi connectivity index (χ0) is 18.8. The molecule has 0 unspecified atom stereocenters. The standard InChI is InChI=1S/C22H27N3O2/c23-13-19-21(18-12-6-5-11-17(18)15-7-1-2-8-15)20(14-26)25(19)22(27)24-16-9-3-4-10-16/h5-7,11-12,16,19-21,26H,1-4,8-10,14H2,(H,24,27)/t19-,20+,21+/m0/s1. The molecule has 27 heavy (non-hydrogen) atoms. The lowest BCUT2D eigenvalue weighted by molar-refractivity contribution is 0.0157. The second kappa shape index (κ2) is 7.74. The van der Waals surface area contributed by atoms with E-state index < -0.39 is 6.04 Å². The molecule has 1 saturated carbocycles. The average Bonchev–Trinajstić information content (AvgIpc) is 3.36. The topological polar surface area (TPSA) is 76.4 Å². The Morgan fingerprint density at radius 1 is 1.26 bits per heavy atom. The van der Waals surface area contributed by atoms with Gasteiger partial charge in [-0.2, -0.15) is 5.26 Å². The summed E-state index contributed by atoms with van der Waals surface area (Å²) >= 11 is 0. The highest BCUT2D eigenvalue weighted by atomic mass is 16.3. The van der Waals surface area contributed by atoms with Crippen LogP contribution in [-0.2, 0) is 0 Å². The van der Waals surface area contributed by atoms with Crippen molar-refractivity contribution in [2.75, 3.05) is 6.61 Å². The van der Waals surface area contributed by atoms with E-state index in [0.717, 1.165) is 50.5 Å². The van der Waals surface area contributed by atoms with E-state index in [1.54, 1.807) is 4.90 Å². The van der Waals surface area contributed by atoms with Crippen molar-refractivity contribution in [2.45, 2.75) is 69.0 Å². The first kappa shape index (κ1) is 18.1. The quantitative estimate of drug-likeness (QED) is 0.856. The van der Waals surface area contributed by atoms with Gasteiger partial charge in [0.2, 0.25) is 0 Å². The van der Waals surface area contributed by atoms with Gasteiger partial charge in [-0.3, -0.25) is 0 Å². The fourth-order valence-corrected chi connectivity index (χ4v) is 4.97. The van der Waals surface area contributed by atoms with Crippen LogP contribution in [0.25, 0.3) is 5.57 Å². The predicted molar refractivity (Wildman–Crippen MR) is 104 cm³/mol. The molecular weight excluding hydrogens is 338 g/mol. The summed E-state index contributed by atoms with van der Waals surface area (Å²) in [6, 6.07) is 9.60. The van der Waals surface area contributed by atoms with Gasteiger partial charge in [0.15, 0.2) is 0 Å². The summed E-state index contributed by atoms with van der Waals surface area (Å²) in [4.78, 5) is 14.3. The highest BCUT2D eigenvalue weighted by Crippen LogP contribution is 2.44. The number of nitrogens with one attached hydrogen (secondary N) is 1. The molecule has 0 aromatic heterocycles. The monoisotopic (exact) mass is 365 g/mol. The summed E-state index contributed by atoms with van der Waals surface area (Å²) in [5, 5.41) is 22.9. The zero-order valence-corrected chi connectivity index (χ0v) is 15.6. The third-order valence-corrected chi connectivity index (χ3v) is 6.36. The van der Waals surface area contributed by atoms with Crippen molar-refractivity contribution in [3.63, 3.8) is 0 Å². The van der Waals surface area contributed by atoms with Crippen molar-refractivity contribution in [3.05, 3.63) is 41.5 Å². The summed E-state index contributed by atoms with van der Waals surface area (Å²) < 4.78 is 0. The number of allylic oxidation sites excluding steroid dienone is 2.